The summed E-state index contributed by atoms with van der Waals surface area (Å²) >= 11 is 1.61. The van der Waals surface area contributed by atoms with Crippen LogP contribution in [0, 0.1) is 0 Å². The van der Waals surface area contributed by atoms with Crippen molar-refractivity contribution in [3.8, 4) is 0 Å². The summed E-state index contributed by atoms with van der Waals surface area (Å²) in [4.78, 5) is 23.7. The molecule has 0 bridgehead atoms. The van der Waals surface area contributed by atoms with Crippen molar-refractivity contribution in [2.75, 3.05) is 11.6 Å². The van der Waals surface area contributed by atoms with Gasteiger partial charge >= 0.3 is 12.0 Å². The number of aliphatic carboxylic acids is 1. The minimum Gasteiger partial charge on any atom is -0.480 e. The van der Waals surface area contributed by atoms with Crippen molar-refractivity contribution in [2.24, 2.45) is 0 Å². The normalized spacial score (nSPS) is 11.7. The first-order valence-electron chi connectivity index (χ1n) is 6.01. The summed E-state index contributed by atoms with van der Waals surface area (Å²) in [5, 5.41) is 14.0. The van der Waals surface area contributed by atoms with Gasteiger partial charge in [-0.25, -0.2) is 9.59 Å². The first kappa shape index (κ1) is 15.4. The molecule has 0 aromatic heterocycles. The van der Waals surface area contributed by atoms with Crippen LogP contribution in [0.25, 0.3) is 0 Å². The molecule has 1 rings (SSSR count). The molecule has 2 amide bonds. The van der Waals surface area contributed by atoms with Crippen LogP contribution < -0.4 is 10.6 Å². The highest BCUT2D eigenvalue weighted by molar-refractivity contribution is 7.98. The Morgan fingerprint density at radius 1 is 1.32 bits per heavy atom. The highest BCUT2D eigenvalue weighted by Gasteiger charge is 2.18. The third kappa shape index (κ3) is 5.21. The summed E-state index contributed by atoms with van der Waals surface area (Å²) in [5.41, 5.74) is 0.635. The molecule has 1 aromatic carbocycles. The number of hydrogen-bond acceptors (Lipinski definition) is 3. The highest BCUT2D eigenvalue weighted by atomic mass is 32.2. The number of rotatable bonds is 6. The van der Waals surface area contributed by atoms with Gasteiger partial charge in [-0.1, -0.05) is 13.3 Å². The number of hydrogen-bond donors (Lipinski definition) is 3. The van der Waals surface area contributed by atoms with Crippen molar-refractivity contribution in [1.82, 2.24) is 5.32 Å². The minimum absolute atomic E-state index is 0.411. The number of thioether (sulfide) groups is 1. The molecular weight excluding hydrogens is 264 g/mol. The van der Waals surface area contributed by atoms with E-state index in [1.165, 1.54) is 0 Å². The molecule has 0 radical (unpaired) electrons. The average Bonchev–Trinajstić information content (AvgIpc) is 2.39. The van der Waals surface area contributed by atoms with Crippen LogP contribution in [0.15, 0.2) is 29.2 Å². The van der Waals surface area contributed by atoms with Crippen LogP contribution in [-0.4, -0.2) is 29.4 Å². The van der Waals surface area contributed by atoms with Gasteiger partial charge in [0.2, 0.25) is 0 Å². The molecule has 0 unspecified atom stereocenters. The zero-order valence-corrected chi connectivity index (χ0v) is 11.8. The van der Waals surface area contributed by atoms with E-state index in [1.807, 2.05) is 25.3 Å². The predicted molar refractivity (Wildman–Crippen MR) is 76.7 cm³/mol. The summed E-state index contributed by atoms with van der Waals surface area (Å²) in [5.74, 6) is -1.02. The van der Waals surface area contributed by atoms with Crippen molar-refractivity contribution in [1.29, 1.82) is 0 Å². The topological polar surface area (TPSA) is 78.4 Å². The van der Waals surface area contributed by atoms with Crippen molar-refractivity contribution in [3.05, 3.63) is 24.3 Å². The van der Waals surface area contributed by atoms with E-state index in [1.54, 1.807) is 23.9 Å². The van der Waals surface area contributed by atoms with E-state index in [2.05, 4.69) is 10.6 Å². The van der Waals surface area contributed by atoms with Gasteiger partial charge in [0.05, 0.1) is 0 Å². The number of nitrogens with one attached hydrogen (secondary N) is 2. The van der Waals surface area contributed by atoms with E-state index < -0.39 is 18.0 Å². The number of carboxylic acid groups (broad SMARTS) is 1. The summed E-state index contributed by atoms with van der Waals surface area (Å²) in [6.07, 6.45) is 3.07. The van der Waals surface area contributed by atoms with E-state index in [4.69, 9.17) is 5.11 Å². The smallest absolute Gasteiger partial charge is 0.326 e. The Bertz CT molecular complexity index is 434. The van der Waals surface area contributed by atoms with Gasteiger partial charge in [0.15, 0.2) is 0 Å². The maximum absolute atomic E-state index is 11.7. The summed E-state index contributed by atoms with van der Waals surface area (Å²) in [6.45, 7) is 1.87. The van der Waals surface area contributed by atoms with Crippen LogP contribution >= 0.6 is 11.8 Å². The van der Waals surface area contributed by atoms with Gasteiger partial charge in [-0.05, 0) is 36.9 Å². The summed E-state index contributed by atoms with van der Waals surface area (Å²) < 4.78 is 0. The van der Waals surface area contributed by atoms with Gasteiger partial charge in [-0.15, -0.1) is 11.8 Å². The van der Waals surface area contributed by atoms with E-state index in [0.717, 1.165) is 4.90 Å². The van der Waals surface area contributed by atoms with E-state index in [0.29, 0.717) is 18.5 Å². The lowest BCUT2D eigenvalue weighted by Crippen LogP contribution is -2.42. The second-order valence-electron chi connectivity index (χ2n) is 4.01. The van der Waals surface area contributed by atoms with Gasteiger partial charge in [0.25, 0.3) is 0 Å². The zero-order valence-electron chi connectivity index (χ0n) is 11.0. The second-order valence-corrected chi connectivity index (χ2v) is 4.89. The molecule has 0 fully saturated rings. The van der Waals surface area contributed by atoms with Crippen LogP contribution in [0.2, 0.25) is 0 Å². The fraction of sp³-hybridized carbons (Fsp3) is 0.385. The third-order valence-corrected chi connectivity index (χ3v) is 3.27. The number of carbonyl (C=O) groups excluding carboxylic acids is 1. The van der Waals surface area contributed by atoms with E-state index in [9.17, 15) is 9.59 Å². The van der Waals surface area contributed by atoms with Crippen molar-refractivity contribution >= 4 is 29.4 Å². The molecule has 1 atom stereocenters. The number of benzene rings is 1. The minimum atomic E-state index is -1.02. The van der Waals surface area contributed by atoms with Crippen molar-refractivity contribution < 1.29 is 14.7 Å². The Morgan fingerprint density at radius 3 is 2.42 bits per heavy atom. The summed E-state index contributed by atoms with van der Waals surface area (Å²) in [7, 11) is 0. The maximum atomic E-state index is 11.7. The van der Waals surface area contributed by atoms with Crippen LogP contribution in [0.1, 0.15) is 19.8 Å². The molecular formula is C13H18N2O3S. The zero-order chi connectivity index (χ0) is 14.3. The molecule has 0 heterocycles. The second kappa shape index (κ2) is 7.68. The summed E-state index contributed by atoms with van der Waals surface area (Å²) in [6, 6.07) is 5.98. The van der Waals surface area contributed by atoms with Crippen molar-refractivity contribution in [3.63, 3.8) is 0 Å². The Morgan fingerprint density at radius 2 is 1.95 bits per heavy atom. The molecule has 0 aliphatic heterocycles. The molecule has 0 spiro atoms. The Balaban J connectivity index is 2.55. The molecule has 104 valence electrons. The molecule has 0 saturated carbocycles. The molecule has 3 N–H and O–H groups in total. The standard InChI is InChI=1S/C13H18N2O3S/c1-3-4-11(12(16)17)15-13(18)14-9-5-7-10(19-2)8-6-9/h5-8,11H,3-4H2,1-2H3,(H,16,17)(H2,14,15,18)/t11-/m0/s1. The molecule has 1 aromatic rings. The van der Waals surface area contributed by atoms with Crippen LogP contribution in [0.3, 0.4) is 0 Å². The van der Waals surface area contributed by atoms with Crippen LogP contribution in [0.5, 0.6) is 0 Å². The first-order valence-corrected chi connectivity index (χ1v) is 7.23. The number of carbonyl (C=O) groups is 2. The quantitative estimate of drug-likeness (QED) is 0.701. The number of urea groups is 1. The van der Waals surface area contributed by atoms with E-state index in [-0.39, 0.29) is 0 Å². The lowest BCUT2D eigenvalue weighted by molar-refractivity contribution is -0.139. The molecule has 0 aliphatic rings. The number of amides is 2. The van der Waals surface area contributed by atoms with Crippen LogP contribution in [0.4, 0.5) is 10.5 Å². The van der Waals surface area contributed by atoms with Gasteiger partial charge in [0, 0.05) is 10.6 Å². The molecule has 5 nitrogen and oxygen atoms in total. The molecule has 19 heavy (non-hydrogen) atoms. The molecule has 0 saturated heterocycles. The monoisotopic (exact) mass is 282 g/mol. The average molecular weight is 282 g/mol. The van der Waals surface area contributed by atoms with Gasteiger partial charge in [0.1, 0.15) is 6.04 Å². The van der Waals surface area contributed by atoms with E-state index >= 15 is 0 Å². The fourth-order valence-electron chi connectivity index (χ4n) is 1.55. The largest absolute Gasteiger partial charge is 0.480 e. The first-order chi connectivity index (χ1) is 9.06. The van der Waals surface area contributed by atoms with Gasteiger partial charge in [-0.2, -0.15) is 0 Å². The fourth-order valence-corrected chi connectivity index (χ4v) is 1.95. The Kier molecular flexibility index (Phi) is 6.21. The predicted octanol–water partition coefficient (Wildman–Crippen LogP) is 2.78. The SMILES string of the molecule is CCC[C@H](NC(=O)Nc1ccc(SC)cc1)C(=O)O. The lowest BCUT2D eigenvalue weighted by Gasteiger charge is -2.14. The number of carboxylic acids is 1. The third-order valence-electron chi connectivity index (χ3n) is 2.53. The lowest BCUT2D eigenvalue weighted by atomic mass is 10.2. The number of anilines is 1. The maximum Gasteiger partial charge on any atom is 0.326 e. The molecule has 6 heteroatoms. The molecule has 0 aliphatic carbocycles. The van der Waals surface area contributed by atoms with Gasteiger partial charge in [-0.3, -0.25) is 0 Å². The van der Waals surface area contributed by atoms with Crippen LogP contribution in [-0.2, 0) is 4.79 Å². The Labute approximate surface area is 116 Å². The van der Waals surface area contributed by atoms with Crippen molar-refractivity contribution in [2.45, 2.75) is 30.7 Å². The van der Waals surface area contributed by atoms with Gasteiger partial charge < -0.3 is 15.7 Å². The highest BCUT2D eigenvalue weighted by Crippen LogP contribution is 2.17. The Hall–Kier alpha value is -1.69.